The normalized spacial score (nSPS) is 26.1. The smallest absolute Gasteiger partial charge is 0.132 e. The third-order valence-electron chi connectivity index (χ3n) is 3.31. The maximum absolute atomic E-state index is 11.5. The predicted molar refractivity (Wildman–Crippen MR) is 71.0 cm³/mol. The van der Waals surface area contributed by atoms with Crippen molar-refractivity contribution < 1.29 is 9.53 Å². The van der Waals surface area contributed by atoms with Crippen LogP contribution in [-0.4, -0.2) is 19.0 Å². The zero-order valence-electron chi connectivity index (χ0n) is 10.9. The highest BCUT2D eigenvalue weighted by Gasteiger charge is 2.13. The van der Waals surface area contributed by atoms with E-state index in [0.29, 0.717) is 24.9 Å². The number of ether oxygens (including phenoxy) is 1. The Morgan fingerprint density at radius 2 is 2.29 bits per heavy atom. The molecule has 17 heavy (non-hydrogen) atoms. The summed E-state index contributed by atoms with van der Waals surface area (Å²) in [7, 11) is 0. The highest BCUT2D eigenvalue weighted by molar-refractivity contribution is 5.78. The van der Waals surface area contributed by atoms with Gasteiger partial charge in [-0.3, -0.25) is 4.79 Å². The summed E-state index contributed by atoms with van der Waals surface area (Å²) in [5.41, 5.74) is 1.35. The van der Waals surface area contributed by atoms with Gasteiger partial charge in [0.15, 0.2) is 0 Å². The number of allylic oxidation sites excluding steroid dienone is 1. The Morgan fingerprint density at radius 3 is 3.06 bits per heavy atom. The van der Waals surface area contributed by atoms with Crippen molar-refractivity contribution in [2.75, 3.05) is 13.2 Å². The van der Waals surface area contributed by atoms with Gasteiger partial charge in [0.25, 0.3) is 0 Å². The van der Waals surface area contributed by atoms with Gasteiger partial charge in [0.2, 0.25) is 0 Å². The summed E-state index contributed by atoms with van der Waals surface area (Å²) in [5, 5.41) is 0. The summed E-state index contributed by atoms with van der Waals surface area (Å²) in [6.45, 7) is 7.12. The highest BCUT2D eigenvalue weighted by Crippen LogP contribution is 2.21. The van der Waals surface area contributed by atoms with Crippen LogP contribution in [0.3, 0.4) is 0 Å². The fraction of sp³-hybridized carbons (Fsp3) is 0.667. The van der Waals surface area contributed by atoms with Crippen molar-refractivity contribution >= 4 is 5.78 Å². The van der Waals surface area contributed by atoms with Gasteiger partial charge in [0, 0.05) is 12.8 Å². The Bertz CT molecular complexity index is 279. The lowest BCUT2D eigenvalue weighted by molar-refractivity contribution is -0.119. The Morgan fingerprint density at radius 1 is 1.47 bits per heavy atom. The minimum atomic E-state index is 0.421. The van der Waals surface area contributed by atoms with Gasteiger partial charge in [-0.25, -0.2) is 0 Å². The van der Waals surface area contributed by atoms with Crippen LogP contribution in [0.4, 0.5) is 0 Å². The van der Waals surface area contributed by atoms with E-state index in [9.17, 15) is 4.79 Å². The van der Waals surface area contributed by atoms with Crippen LogP contribution in [0.15, 0.2) is 24.3 Å². The van der Waals surface area contributed by atoms with Gasteiger partial charge >= 0.3 is 0 Å². The van der Waals surface area contributed by atoms with E-state index in [2.05, 4.69) is 19.6 Å². The maximum atomic E-state index is 11.5. The van der Waals surface area contributed by atoms with E-state index in [4.69, 9.17) is 4.74 Å². The van der Waals surface area contributed by atoms with Crippen molar-refractivity contribution in [1.82, 2.24) is 0 Å². The molecule has 0 aliphatic heterocycles. The fourth-order valence-corrected chi connectivity index (χ4v) is 2.10. The maximum Gasteiger partial charge on any atom is 0.132 e. The number of rotatable bonds is 4. The van der Waals surface area contributed by atoms with Crippen LogP contribution < -0.4 is 0 Å². The van der Waals surface area contributed by atoms with E-state index in [0.717, 1.165) is 38.5 Å². The second-order valence-corrected chi connectivity index (χ2v) is 4.81. The van der Waals surface area contributed by atoms with Gasteiger partial charge in [0.1, 0.15) is 5.78 Å². The minimum absolute atomic E-state index is 0.421. The molecule has 1 aliphatic carbocycles. The van der Waals surface area contributed by atoms with Crippen molar-refractivity contribution in [1.29, 1.82) is 0 Å². The molecule has 0 aromatic rings. The summed E-state index contributed by atoms with van der Waals surface area (Å²) in [4.78, 5) is 11.5. The molecule has 0 heterocycles. The lowest BCUT2D eigenvalue weighted by Crippen LogP contribution is -2.10. The average Bonchev–Trinajstić information content (AvgIpc) is 2.33. The first kappa shape index (κ1) is 14.2. The zero-order chi connectivity index (χ0) is 12.5. The van der Waals surface area contributed by atoms with E-state index < -0.39 is 0 Å². The summed E-state index contributed by atoms with van der Waals surface area (Å²) in [6, 6.07) is 0. The largest absolute Gasteiger partial charge is 0.373 e. The Kier molecular flexibility index (Phi) is 6.87. The first-order chi connectivity index (χ1) is 8.24. The molecule has 0 aromatic heterocycles. The van der Waals surface area contributed by atoms with Crippen LogP contribution in [0, 0.1) is 5.92 Å². The Hall–Kier alpha value is -0.890. The molecule has 0 bridgehead atoms. The van der Waals surface area contributed by atoms with Crippen LogP contribution in [0.25, 0.3) is 0 Å². The lowest BCUT2D eigenvalue weighted by Gasteiger charge is -2.17. The summed E-state index contributed by atoms with van der Waals surface area (Å²) in [5.74, 6) is 0.881. The molecule has 0 N–H and O–H groups in total. The standard InChI is InChI=1S/C15H24O2/c1-3-11-17-12-14-7-5-4-6-8-15(16)10-9-13(14)2/h3,7,13H,1,4-6,8-12H2,2H3/b14-7+. The lowest BCUT2D eigenvalue weighted by atomic mass is 9.91. The number of carbonyl (C=O) groups excluding carboxylic acids is 1. The molecule has 1 rings (SSSR count). The third kappa shape index (κ3) is 5.83. The van der Waals surface area contributed by atoms with Crippen LogP contribution >= 0.6 is 0 Å². The average molecular weight is 236 g/mol. The quantitative estimate of drug-likeness (QED) is 0.550. The topological polar surface area (TPSA) is 26.3 Å². The molecule has 0 amide bonds. The third-order valence-corrected chi connectivity index (χ3v) is 3.31. The van der Waals surface area contributed by atoms with Crippen molar-refractivity contribution in [3.05, 3.63) is 24.3 Å². The number of hydrogen-bond acceptors (Lipinski definition) is 2. The van der Waals surface area contributed by atoms with Gasteiger partial charge in [-0.15, -0.1) is 6.58 Å². The molecular formula is C15H24O2. The minimum Gasteiger partial charge on any atom is -0.373 e. The van der Waals surface area contributed by atoms with Gasteiger partial charge in [-0.05, 0) is 37.2 Å². The Balaban J connectivity index is 2.52. The van der Waals surface area contributed by atoms with E-state index in [1.165, 1.54) is 5.57 Å². The van der Waals surface area contributed by atoms with Crippen LogP contribution in [0.1, 0.15) is 45.4 Å². The van der Waals surface area contributed by atoms with Crippen molar-refractivity contribution in [3.63, 3.8) is 0 Å². The van der Waals surface area contributed by atoms with Gasteiger partial charge in [-0.2, -0.15) is 0 Å². The van der Waals surface area contributed by atoms with Crippen LogP contribution in [-0.2, 0) is 9.53 Å². The molecule has 2 nitrogen and oxygen atoms in total. The molecule has 1 atom stereocenters. The van der Waals surface area contributed by atoms with Crippen LogP contribution in [0.2, 0.25) is 0 Å². The molecule has 0 aromatic carbocycles. The number of Topliss-reactive ketones (excluding diaryl/α,β-unsaturated/α-hetero) is 1. The van der Waals surface area contributed by atoms with Gasteiger partial charge < -0.3 is 4.74 Å². The molecule has 2 heteroatoms. The summed E-state index contributed by atoms with van der Waals surface area (Å²) in [6.07, 6.45) is 9.75. The molecule has 0 radical (unpaired) electrons. The monoisotopic (exact) mass is 236 g/mol. The second kappa shape index (κ2) is 8.24. The molecule has 0 saturated heterocycles. The number of ketones is 1. The summed E-state index contributed by atoms with van der Waals surface area (Å²) >= 11 is 0. The molecule has 0 saturated carbocycles. The highest BCUT2D eigenvalue weighted by atomic mass is 16.5. The van der Waals surface area contributed by atoms with Crippen LogP contribution in [0.5, 0.6) is 0 Å². The zero-order valence-corrected chi connectivity index (χ0v) is 10.9. The first-order valence-corrected chi connectivity index (χ1v) is 6.63. The second-order valence-electron chi connectivity index (χ2n) is 4.81. The van der Waals surface area contributed by atoms with Gasteiger partial charge in [0.05, 0.1) is 13.2 Å². The SMILES string of the molecule is C=CCOC/C1=C\CCCCC(=O)CCC1C. The molecule has 0 fully saturated rings. The van der Waals surface area contributed by atoms with Crippen molar-refractivity contribution in [2.45, 2.75) is 45.4 Å². The molecule has 0 spiro atoms. The van der Waals surface area contributed by atoms with E-state index in [1.807, 2.05) is 0 Å². The van der Waals surface area contributed by atoms with Gasteiger partial charge in [-0.1, -0.05) is 19.1 Å². The number of hydrogen-bond donors (Lipinski definition) is 0. The van der Waals surface area contributed by atoms with Crippen molar-refractivity contribution in [2.24, 2.45) is 5.92 Å². The number of carbonyl (C=O) groups is 1. The van der Waals surface area contributed by atoms with E-state index in [1.54, 1.807) is 6.08 Å². The predicted octanol–water partition coefficient (Wildman–Crippen LogP) is 3.67. The molecule has 1 unspecified atom stereocenters. The Labute approximate surface area is 105 Å². The fourth-order valence-electron chi connectivity index (χ4n) is 2.10. The molecule has 96 valence electrons. The molecule has 1 aliphatic rings. The van der Waals surface area contributed by atoms with E-state index in [-0.39, 0.29) is 0 Å². The molecular weight excluding hydrogens is 212 g/mol. The van der Waals surface area contributed by atoms with E-state index >= 15 is 0 Å². The summed E-state index contributed by atoms with van der Waals surface area (Å²) < 4.78 is 5.52. The first-order valence-electron chi connectivity index (χ1n) is 6.63. The van der Waals surface area contributed by atoms with Crippen molar-refractivity contribution in [3.8, 4) is 0 Å².